The van der Waals surface area contributed by atoms with Gasteiger partial charge in [-0.2, -0.15) is 4.98 Å². The molecule has 1 aromatic heterocycles. The summed E-state index contributed by atoms with van der Waals surface area (Å²) in [6.07, 6.45) is 2.62. The highest BCUT2D eigenvalue weighted by atomic mass is 32.2. The van der Waals surface area contributed by atoms with Crippen molar-refractivity contribution >= 4 is 21.7 Å². The zero-order valence-electron chi connectivity index (χ0n) is 16.1. The number of aromatic nitrogens is 2. The van der Waals surface area contributed by atoms with E-state index in [0.717, 1.165) is 19.3 Å². The molecule has 2 aliphatic rings. The monoisotopic (exact) mass is 420 g/mol. The minimum atomic E-state index is -2.98. The summed E-state index contributed by atoms with van der Waals surface area (Å²) < 4.78 is 34.3. The van der Waals surface area contributed by atoms with Crippen molar-refractivity contribution in [2.24, 2.45) is 0 Å². The first-order valence-corrected chi connectivity index (χ1v) is 11.6. The third-order valence-corrected chi connectivity index (χ3v) is 6.88. The zero-order valence-corrected chi connectivity index (χ0v) is 16.9. The van der Waals surface area contributed by atoms with Gasteiger partial charge in [0, 0.05) is 19.6 Å². The lowest BCUT2D eigenvalue weighted by Crippen LogP contribution is -2.42. The molecule has 3 heterocycles. The lowest BCUT2D eigenvalue weighted by Gasteiger charge is -2.33. The molecule has 0 N–H and O–H groups in total. The van der Waals surface area contributed by atoms with Crippen LogP contribution >= 0.6 is 0 Å². The molecule has 0 spiro atoms. The van der Waals surface area contributed by atoms with E-state index in [1.165, 1.54) is 0 Å². The van der Waals surface area contributed by atoms with Crippen LogP contribution in [0.1, 0.15) is 31.2 Å². The summed E-state index contributed by atoms with van der Waals surface area (Å²) in [6, 6.07) is 8.93. The predicted octanol–water partition coefficient (Wildman–Crippen LogP) is 1.44. The average molecular weight is 420 g/mol. The second kappa shape index (κ2) is 8.40. The van der Waals surface area contributed by atoms with E-state index in [4.69, 9.17) is 9.26 Å². The fourth-order valence-corrected chi connectivity index (χ4v) is 4.84. The number of hydrogen-bond acceptors (Lipinski definition) is 8. The molecule has 0 radical (unpaired) electrons. The molecule has 1 aromatic carbocycles. The lowest BCUT2D eigenvalue weighted by molar-refractivity contribution is -0.138. The lowest BCUT2D eigenvalue weighted by atomic mass is 10.0. The molecule has 1 atom stereocenters. The van der Waals surface area contributed by atoms with Gasteiger partial charge in [0.25, 0.3) is 17.7 Å². The van der Waals surface area contributed by atoms with Gasteiger partial charge in [0.2, 0.25) is 0 Å². The van der Waals surface area contributed by atoms with Crippen molar-refractivity contribution in [2.45, 2.75) is 25.3 Å². The highest BCUT2D eigenvalue weighted by Gasteiger charge is 2.33. The quantitative estimate of drug-likeness (QED) is 0.715. The van der Waals surface area contributed by atoms with Gasteiger partial charge in [0.1, 0.15) is 11.8 Å². The first kappa shape index (κ1) is 19.7. The van der Waals surface area contributed by atoms with Crippen LogP contribution in [0.15, 0.2) is 34.9 Å². The molecule has 0 bridgehead atoms. The minimum Gasteiger partial charge on any atom is -0.484 e. The number of likely N-dealkylation sites (tertiary alicyclic amines) is 1. The van der Waals surface area contributed by atoms with E-state index >= 15 is 0 Å². The van der Waals surface area contributed by atoms with E-state index in [1.807, 2.05) is 35.2 Å². The predicted molar refractivity (Wildman–Crippen MR) is 105 cm³/mol. The highest BCUT2D eigenvalue weighted by molar-refractivity contribution is 7.91. The standard InChI is InChI=1S/C19H24N4O5S/c24-17(14-27-15-6-2-1-3-7-15)23-9-5-4-8-16(23)18-20-19(21-28-18)22-10-12-29(25,26)13-11-22/h1-3,6-7,16H,4-5,8-14H2/t16-/m1/s1. The Bertz CT molecular complexity index is 933. The molecule has 10 heteroatoms. The molecular formula is C19H24N4O5S. The Balaban J connectivity index is 1.42. The Morgan fingerprint density at radius 2 is 1.90 bits per heavy atom. The van der Waals surface area contributed by atoms with Gasteiger partial charge in [0.05, 0.1) is 11.5 Å². The molecule has 2 fully saturated rings. The van der Waals surface area contributed by atoms with Gasteiger partial charge in [-0.25, -0.2) is 8.42 Å². The van der Waals surface area contributed by atoms with Crippen LogP contribution in [0.2, 0.25) is 0 Å². The Morgan fingerprint density at radius 3 is 2.66 bits per heavy atom. The van der Waals surface area contributed by atoms with Crippen LogP contribution in [0, 0.1) is 0 Å². The minimum absolute atomic E-state index is 0.0501. The number of benzene rings is 1. The number of carbonyl (C=O) groups is 1. The molecule has 2 aromatic rings. The largest absolute Gasteiger partial charge is 0.484 e. The van der Waals surface area contributed by atoms with Crippen molar-refractivity contribution in [2.75, 3.05) is 42.6 Å². The van der Waals surface area contributed by atoms with Crippen molar-refractivity contribution < 1.29 is 22.5 Å². The summed E-state index contributed by atoms with van der Waals surface area (Å²) in [6.45, 7) is 1.26. The van der Waals surface area contributed by atoms with E-state index in [-0.39, 0.29) is 30.1 Å². The molecule has 2 saturated heterocycles. The fraction of sp³-hybridized carbons (Fsp3) is 0.526. The second-order valence-corrected chi connectivity index (χ2v) is 9.58. The maximum atomic E-state index is 12.8. The number of carbonyl (C=O) groups excluding carboxylic acids is 1. The summed E-state index contributed by atoms with van der Waals surface area (Å²) in [7, 11) is -2.98. The Kier molecular flexibility index (Phi) is 5.70. The van der Waals surface area contributed by atoms with E-state index in [1.54, 1.807) is 4.90 Å². The van der Waals surface area contributed by atoms with Gasteiger partial charge in [-0.15, -0.1) is 0 Å². The van der Waals surface area contributed by atoms with Gasteiger partial charge >= 0.3 is 0 Å². The normalized spacial score (nSPS) is 21.7. The fourth-order valence-electron chi connectivity index (χ4n) is 3.63. The summed E-state index contributed by atoms with van der Waals surface area (Å²) >= 11 is 0. The maximum Gasteiger partial charge on any atom is 0.266 e. The van der Waals surface area contributed by atoms with Crippen LogP contribution in [-0.2, 0) is 14.6 Å². The Labute approximate surface area is 169 Å². The molecule has 1 amide bonds. The molecule has 0 unspecified atom stereocenters. The molecule has 156 valence electrons. The van der Waals surface area contributed by atoms with E-state index in [9.17, 15) is 13.2 Å². The van der Waals surface area contributed by atoms with Crippen LogP contribution in [-0.4, -0.2) is 67.1 Å². The van der Waals surface area contributed by atoms with Crippen molar-refractivity contribution in [1.29, 1.82) is 0 Å². The zero-order chi connectivity index (χ0) is 20.3. The maximum absolute atomic E-state index is 12.8. The Hall–Kier alpha value is -2.62. The molecule has 2 aliphatic heterocycles. The van der Waals surface area contributed by atoms with Gasteiger partial charge in [-0.3, -0.25) is 4.79 Å². The molecular weight excluding hydrogens is 396 g/mol. The van der Waals surface area contributed by atoms with Crippen LogP contribution in [0.5, 0.6) is 5.75 Å². The van der Waals surface area contributed by atoms with E-state index in [2.05, 4.69) is 10.1 Å². The number of sulfone groups is 1. The summed E-state index contributed by atoms with van der Waals surface area (Å²) in [4.78, 5) is 20.8. The third kappa shape index (κ3) is 4.69. The van der Waals surface area contributed by atoms with Crippen LogP contribution in [0.3, 0.4) is 0 Å². The highest BCUT2D eigenvalue weighted by Crippen LogP contribution is 2.31. The molecule has 0 aliphatic carbocycles. The average Bonchev–Trinajstić information content (AvgIpc) is 3.23. The summed E-state index contributed by atoms with van der Waals surface area (Å²) in [5.41, 5.74) is 0. The SMILES string of the molecule is O=C(COc1ccccc1)N1CCCC[C@@H]1c1nc(N2CCS(=O)(=O)CC2)no1. The number of para-hydroxylation sites is 1. The number of ether oxygens (including phenoxy) is 1. The Morgan fingerprint density at radius 1 is 1.14 bits per heavy atom. The number of hydrogen-bond donors (Lipinski definition) is 0. The number of piperidine rings is 1. The van der Waals surface area contributed by atoms with Crippen LogP contribution in [0.25, 0.3) is 0 Å². The van der Waals surface area contributed by atoms with Crippen molar-refractivity contribution in [1.82, 2.24) is 15.0 Å². The molecule has 0 saturated carbocycles. The van der Waals surface area contributed by atoms with Gasteiger partial charge in [-0.05, 0) is 36.6 Å². The third-order valence-electron chi connectivity index (χ3n) is 5.27. The first-order chi connectivity index (χ1) is 14.0. The van der Waals surface area contributed by atoms with Crippen molar-refractivity contribution in [3.8, 4) is 5.75 Å². The number of amides is 1. The van der Waals surface area contributed by atoms with Crippen LogP contribution < -0.4 is 9.64 Å². The summed E-state index contributed by atoms with van der Waals surface area (Å²) in [5.74, 6) is 1.47. The van der Waals surface area contributed by atoms with Gasteiger partial charge in [0.15, 0.2) is 16.4 Å². The van der Waals surface area contributed by atoms with Crippen molar-refractivity contribution in [3.05, 3.63) is 36.2 Å². The number of nitrogens with zero attached hydrogens (tertiary/aromatic N) is 4. The summed E-state index contributed by atoms with van der Waals surface area (Å²) in [5, 5.41) is 4.03. The molecule has 29 heavy (non-hydrogen) atoms. The number of anilines is 1. The molecule has 9 nitrogen and oxygen atoms in total. The second-order valence-electron chi connectivity index (χ2n) is 7.27. The van der Waals surface area contributed by atoms with Gasteiger partial charge in [-0.1, -0.05) is 18.2 Å². The van der Waals surface area contributed by atoms with E-state index < -0.39 is 9.84 Å². The van der Waals surface area contributed by atoms with Crippen molar-refractivity contribution in [3.63, 3.8) is 0 Å². The first-order valence-electron chi connectivity index (χ1n) is 9.78. The van der Waals surface area contributed by atoms with E-state index in [0.29, 0.717) is 37.2 Å². The molecule has 4 rings (SSSR count). The smallest absolute Gasteiger partial charge is 0.266 e. The number of rotatable bonds is 5. The van der Waals surface area contributed by atoms with Crippen LogP contribution in [0.4, 0.5) is 5.95 Å². The topological polar surface area (TPSA) is 106 Å². The van der Waals surface area contributed by atoms with Gasteiger partial charge < -0.3 is 19.1 Å².